The first-order chi connectivity index (χ1) is 15.3. The van der Waals surface area contributed by atoms with E-state index in [1.807, 2.05) is 6.07 Å². The summed E-state index contributed by atoms with van der Waals surface area (Å²) >= 11 is 0. The van der Waals surface area contributed by atoms with E-state index in [2.05, 4.69) is 15.4 Å². The first kappa shape index (κ1) is 23.4. The second-order valence-electron chi connectivity index (χ2n) is 6.97. The summed E-state index contributed by atoms with van der Waals surface area (Å²) in [6.45, 7) is 4.65. The predicted molar refractivity (Wildman–Crippen MR) is 120 cm³/mol. The Bertz CT molecular complexity index is 1230. The van der Waals surface area contributed by atoms with Crippen LogP contribution < -0.4 is 11.0 Å². The van der Waals surface area contributed by atoms with Crippen molar-refractivity contribution in [2.24, 2.45) is 7.05 Å². The molecule has 3 aromatic rings. The number of carbonyl (C=O) groups is 1. The minimum atomic E-state index is -3.58. The van der Waals surface area contributed by atoms with Crippen molar-refractivity contribution in [2.75, 3.05) is 19.6 Å². The number of pyridine rings is 1. The SMILES string of the molecule is CCN(CC)S(=O)(=O)c1ccc(C(=O)NCCn2nc(-c3ccccn3)n(C)c2=O)cc1. The summed E-state index contributed by atoms with van der Waals surface area (Å²) in [5, 5.41) is 7.03. The van der Waals surface area contributed by atoms with Crippen LogP contribution >= 0.6 is 0 Å². The monoisotopic (exact) mass is 458 g/mol. The molecule has 3 rings (SSSR count). The lowest BCUT2D eigenvalue weighted by molar-refractivity contribution is 0.0951. The van der Waals surface area contributed by atoms with Crippen molar-refractivity contribution >= 4 is 15.9 Å². The maximum Gasteiger partial charge on any atom is 0.346 e. The fraction of sp³-hybridized carbons (Fsp3) is 0.333. The maximum absolute atomic E-state index is 12.5. The lowest BCUT2D eigenvalue weighted by Gasteiger charge is -2.18. The number of hydrogen-bond donors (Lipinski definition) is 1. The number of rotatable bonds is 9. The molecule has 11 heteroatoms. The normalized spacial score (nSPS) is 11.6. The Balaban J connectivity index is 1.64. The molecule has 0 radical (unpaired) electrons. The van der Waals surface area contributed by atoms with Crippen LogP contribution in [0.1, 0.15) is 24.2 Å². The molecule has 0 atom stereocenters. The molecule has 1 N–H and O–H groups in total. The first-order valence-corrected chi connectivity index (χ1v) is 11.7. The summed E-state index contributed by atoms with van der Waals surface area (Å²) in [6.07, 6.45) is 1.62. The molecule has 170 valence electrons. The van der Waals surface area contributed by atoms with Crippen molar-refractivity contribution in [3.63, 3.8) is 0 Å². The Hall–Kier alpha value is -3.31. The summed E-state index contributed by atoms with van der Waals surface area (Å²) in [5.41, 5.74) is 0.589. The Kier molecular flexibility index (Phi) is 7.21. The first-order valence-electron chi connectivity index (χ1n) is 10.2. The molecule has 10 nitrogen and oxygen atoms in total. The lowest BCUT2D eigenvalue weighted by Crippen LogP contribution is -2.32. The highest BCUT2D eigenvalue weighted by atomic mass is 32.2. The van der Waals surface area contributed by atoms with Crippen LogP contribution in [-0.2, 0) is 23.6 Å². The van der Waals surface area contributed by atoms with E-state index in [1.54, 1.807) is 39.2 Å². The van der Waals surface area contributed by atoms with Crippen LogP contribution in [0.4, 0.5) is 0 Å². The summed E-state index contributed by atoms with van der Waals surface area (Å²) in [7, 11) is -1.96. The molecule has 32 heavy (non-hydrogen) atoms. The van der Waals surface area contributed by atoms with Crippen molar-refractivity contribution in [2.45, 2.75) is 25.3 Å². The van der Waals surface area contributed by atoms with E-state index in [4.69, 9.17) is 0 Å². The minimum Gasteiger partial charge on any atom is -0.350 e. The summed E-state index contributed by atoms with van der Waals surface area (Å²) in [6, 6.07) is 11.1. The molecule has 2 aromatic heterocycles. The zero-order chi connectivity index (χ0) is 23.3. The molecule has 0 aliphatic rings. The number of amides is 1. The molecule has 0 saturated heterocycles. The second-order valence-corrected chi connectivity index (χ2v) is 8.91. The Morgan fingerprint density at radius 1 is 1.09 bits per heavy atom. The van der Waals surface area contributed by atoms with Crippen molar-refractivity contribution in [1.82, 2.24) is 29.0 Å². The van der Waals surface area contributed by atoms with Gasteiger partial charge in [-0.2, -0.15) is 4.31 Å². The van der Waals surface area contributed by atoms with Crippen molar-refractivity contribution < 1.29 is 13.2 Å². The van der Waals surface area contributed by atoms with Crippen LogP contribution in [0.15, 0.2) is 58.4 Å². The van der Waals surface area contributed by atoms with E-state index in [1.165, 1.54) is 37.8 Å². The average molecular weight is 459 g/mol. The van der Waals surface area contributed by atoms with Crippen LogP contribution in [0, 0.1) is 0 Å². The molecular weight excluding hydrogens is 432 g/mol. The molecule has 0 fully saturated rings. The quantitative estimate of drug-likeness (QED) is 0.513. The number of hydrogen-bond acceptors (Lipinski definition) is 6. The third-order valence-corrected chi connectivity index (χ3v) is 7.07. The third-order valence-electron chi connectivity index (χ3n) is 5.00. The molecule has 1 amide bonds. The van der Waals surface area contributed by atoms with Gasteiger partial charge in [0.25, 0.3) is 5.91 Å². The number of carbonyl (C=O) groups excluding carboxylic acids is 1. The Labute approximate surface area is 186 Å². The van der Waals surface area contributed by atoms with E-state index in [0.29, 0.717) is 30.2 Å². The topological polar surface area (TPSA) is 119 Å². The van der Waals surface area contributed by atoms with Gasteiger partial charge in [-0.05, 0) is 36.4 Å². The van der Waals surface area contributed by atoms with Gasteiger partial charge in [0.1, 0.15) is 5.69 Å². The highest BCUT2D eigenvalue weighted by molar-refractivity contribution is 7.89. The van der Waals surface area contributed by atoms with E-state index in [0.717, 1.165) is 0 Å². The fourth-order valence-electron chi connectivity index (χ4n) is 3.22. The Morgan fingerprint density at radius 3 is 2.38 bits per heavy atom. The standard InChI is InChI=1S/C21H26N6O4S/c1-4-26(5-2)32(30,31)17-11-9-16(10-12-17)20(28)23-14-15-27-21(29)25(3)19(24-27)18-8-6-7-13-22-18/h6-13H,4-5,14-15H2,1-3H3,(H,23,28). The molecule has 1 aromatic carbocycles. The maximum atomic E-state index is 12.5. The van der Waals surface area contributed by atoms with Crippen molar-refractivity contribution in [3.05, 3.63) is 64.7 Å². The highest BCUT2D eigenvalue weighted by Crippen LogP contribution is 2.16. The molecule has 2 heterocycles. The summed E-state index contributed by atoms with van der Waals surface area (Å²) < 4.78 is 29.1. The highest BCUT2D eigenvalue weighted by Gasteiger charge is 2.21. The molecule has 0 aliphatic heterocycles. The van der Waals surface area contributed by atoms with Gasteiger partial charge in [0.05, 0.1) is 11.4 Å². The Morgan fingerprint density at radius 2 is 1.78 bits per heavy atom. The van der Waals surface area contributed by atoms with Crippen LogP contribution in [0.25, 0.3) is 11.5 Å². The van der Waals surface area contributed by atoms with Gasteiger partial charge in [-0.15, -0.1) is 5.10 Å². The zero-order valence-electron chi connectivity index (χ0n) is 18.2. The van der Waals surface area contributed by atoms with E-state index >= 15 is 0 Å². The largest absolute Gasteiger partial charge is 0.350 e. The van der Waals surface area contributed by atoms with Gasteiger partial charge < -0.3 is 5.32 Å². The van der Waals surface area contributed by atoms with Gasteiger partial charge in [0.15, 0.2) is 5.82 Å². The predicted octanol–water partition coefficient (Wildman–Crippen LogP) is 1.10. The van der Waals surface area contributed by atoms with E-state index < -0.39 is 10.0 Å². The van der Waals surface area contributed by atoms with Crippen LogP contribution in [0.3, 0.4) is 0 Å². The lowest BCUT2D eigenvalue weighted by atomic mass is 10.2. The van der Waals surface area contributed by atoms with Gasteiger partial charge in [0.2, 0.25) is 10.0 Å². The van der Waals surface area contributed by atoms with E-state index in [-0.39, 0.29) is 29.6 Å². The van der Waals surface area contributed by atoms with E-state index in [9.17, 15) is 18.0 Å². The van der Waals surface area contributed by atoms with Crippen LogP contribution in [-0.4, -0.2) is 57.6 Å². The van der Waals surface area contributed by atoms with Crippen molar-refractivity contribution in [1.29, 1.82) is 0 Å². The molecule has 0 unspecified atom stereocenters. The number of sulfonamides is 1. The zero-order valence-corrected chi connectivity index (χ0v) is 19.0. The number of nitrogens with one attached hydrogen (secondary N) is 1. The van der Waals surface area contributed by atoms with Gasteiger partial charge in [-0.25, -0.2) is 17.9 Å². The smallest absolute Gasteiger partial charge is 0.346 e. The number of benzene rings is 1. The number of nitrogens with zero attached hydrogens (tertiary/aromatic N) is 5. The summed E-state index contributed by atoms with van der Waals surface area (Å²) in [4.78, 5) is 29.2. The van der Waals surface area contributed by atoms with Crippen LogP contribution in [0.5, 0.6) is 0 Å². The summed E-state index contributed by atoms with van der Waals surface area (Å²) in [5.74, 6) is 0.0673. The molecule has 0 spiro atoms. The molecule has 0 bridgehead atoms. The molecular formula is C21H26N6O4S. The average Bonchev–Trinajstić information content (AvgIpc) is 3.09. The van der Waals surface area contributed by atoms with Crippen molar-refractivity contribution in [3.8, 4) is 11.5 Å². The van der Waals surface area contributed by atoms with Gasteiger partial charge in [-0.3, -0.25) is 14.3 Å². The van der Waals surface area contributed by atoms with Gasteiger partial charge >= 0.3 is 5.69 Å². The second kappa shape index (κ2) is 9.88. The van der Waals surface area contributed by atoms with Crippen LogP contribution in [0.2, 0.25) is 0 Å². The third kappa shape index (κ3) is 4.78. The minimum absolute atomic E-state index is 0.139. The molecule has 0 aliphatic carbocycles. The van der Waals surface area contributed by atoms with Gasteiger partial charge in [0, 0.05) is 38.4 Å². The number of aromatic nitrogens is 4. The van der Waals surface area contributed by atoms with Gasteiger partial charge in [-0.1, -0.05) is 19.9 Å². The fourth-order valence-corrected chi connectivity index (χ4v) is 4.68. The molecule has 0 saturated carbocycles.